The standard InChI is InChI=1S/C7H13ClF2O2S/c1-6(2,3)7(9,10)4-5-13(8,11)12/h4-5H2,1-3H3. The first-order chi connectivity index (χ1) is 5.46. The monoisotopic (exact) mass is 234 g/mol. The van der Waals surface area contributed by atoms with E-state index in [4.69, 9.17) is 10.7 Å². The Labute approximate surface area is 81.7 Å². The van der Waals surface area contributed by atoms with Gasteiger partial charge in [0.15, 0.2) is 0 Å². The quantitative estimate of drug-likeness (QED) is 0.704. The van der Waals surface area contributed by atoms with Crippen LogP contribution in [0, 0.1) is 5.41 Å². The van der Waals surface area contributed by atoms with Crippen LogP contribution in [0.3, 0.4) is 0 Å². The zero-order valence-corrected chi connectivity index (χ0v) is 9.35. The summed E-state index contributed by atoms with van der Waals surface area (Å²) in [4.78, 5) is 0. The molecule has 80 valence electrons. The van der Waals surface area contributed by atoms with Crippen LogP contribution in [0.2, 0.25) is 0 Å². The van der Waals surface area contributed by atoms with Gasteiger partial charge < -0.3 is 0 Å². The average Bonchev–Trinajstić information content (AvgIpc) is 1.79. The molecule has 0 saturated heterocycles. The van der Waals surface area contributed by atoms with E-state index in [0.717, 1.165) is 0 Å². The van der Waals surface area contributed by atoms with Crippen molar-refractivity contribution in [2.75, 3.05) is 5.75 Å². The summed E-state index contributed by atoms with van der Waals surface area (Å²) in [5.74, 6) is -3.71. The molecule has 2 nitrogen and oxygen atoms in total. The van der Waals surface area contributed by atoms with Crippen LogP contribution in [0.5, 0.6) is 0 Å². The molecule has 0 aromatic rings. The Morgan fingerprint density at radius 3 is 1.85 bits per heavy atom. The van der Waals surface area contributed by atoms with E-state index in [-0.39, 0.29) is 0 Å². The van der Waals surface area contributed by atoms with Crippen LogP contribution < -0.4 is 0 Å². The first-order valence-corrected chi connectivity index (χ1v) is 6.24. The normalized spacial score (nSPS) is 14.6. The zero-order valence-electron chi connectivity index (χ0n) is 7.77. The van der Waals surface area contributed by atoms with Crippen LogP contribution in [0.1, 0.15) is 27.2 Å². The van der Waals surface area contributed by atoms with Crippen molar-refractivity contribution < 1.29 is 17.2 Å². The molecule has 0 N–H and O–H groups in total. The minimum atomic E-state index is -3.83. The Morgan fingerprint density at radius 2 is 1.62 bits per heavy atom. The van der Waals surface area contributed by atoms with Crippen molar-refractivity contribution >= 4 is 19.7 Å². The van der Waals surface area contributed by atoms with Gasteiger partial charge in [-0.05, 0) is 0 Å². The van der Waals surface area contributed by atoms with E-state index >= 15 is 0 Å². The summed E-state index contributed by atoms with van der Waals surface area (Å²) in [7, 11) is 1.00. The first-order valence-electron chi connectivity index (χ1n) is 3.76. The van der Waals surface area contributed by atoms with Gasteiger partial charge in [-0.1, -0.05) is 20.8 Å². The molecule has 0 aliphatic carbocycles. The molecule has 0 aliphatic heterocycles. The summed E-state index contributed by atoms with van der Waals surface area (Å²) in [5, 5.41) is 0. The summed E-state index contributed by atoms with van der Waals surface area (Å²) in [6, 6.07) is 0. The fourth-order valence-electron chi connectivity index (χ4n) is 0.625. The van der Waals surface area contributed by atoms with Gasteiger partial charge in [-0.25, -0.2) is 17.2 Å². The molecule has 0 aliphatic rings. The molecule has 0 fully saturated rings. The van der Waals surface area contributed by atoms with Crippen molar-refractivity contribution in [3.05, 3.63) is 0 Å². The summed E-state index contributed by atoms with van der Waals surface area (Å²) < 4.78 is 47.1. The molecular formula is C7H13ClF2O2S. The lowest BCUT2D eigenvalue weighted by atomic mass is 9.86. The third kappa shape index (κ3) is 4.76. The van der Waals surface area contributed by atoms with E-state index in [1.54, 1.807) is 0 Å². The molecule has 0 heterocycles. The van der Waals surface area contributed by atoms with E-state index in [1.807, 2.05) is 0 Å². The Kier molecular flexibility index (Phi) is 3.72. The second-order valence-electron chi connectivity index (χ2n) is 3.95. The topological polar surface area (TPSA) is 34.1 Å². The van der Waals surface area contributed by atoms with Crippen LogP contribution >= 0.6 is 10.7 Å². The number of hydrogen-bond donors (Lipinski definition) is 0. The molecule has 0 unspecified atom stereocenters. The lowest BCUT2D eigenvalue weighted by molar-refractivity contribution is -0.0979. The molecular weight excluding hydrogens is 222 g/mol. The van der Waals surface area contributed by atoms with Gasteiger partial charge in [0.05, 0.1) is 5.75 Å². The largest absolute Gasteiger partial charge is 0.253 e. The second-order valence-corrected chi connectivity index (χ2v) is 6.84. The van der Waals surface area contributed by atoms with E-state index in [9.17, 15) is 17.2 Å². The fraction of sp³-hybridized carbons (Fsp3) is 1.00. The zero-order chi connectivity index (χ0) is 10.9. The minimum absolute atomic E-state index is 0.696. The molecule has 0 saturated carbocycles. The molecule has 0 radical (unpaired) electrons. The van der Waals surface area contributed by atoms with Crippen molar-refractivity contribution in [3.8, 4) is 0 Å². The molecule has 0 bridgehead atoms. The Bertz CT molecular complexity index is 267. The summed E-state index contributed by atoms with van der Waals surface area (Å²) >= 11 is 0. The number of hydrogen-bond acceptors (Lipinski definition) is 2. The van der Waals surface area contributed by atoms with E-state index in [2.05, 4.69) is 0 Å². The first kappa shape index (κ1) is 13.1. The maximum atomic E-state index is 13.1. The molecule has 0 atom stereocenters. The highest BCUT2D eigenvalue weighted by Crippen LogP contribution is 2.38. The summed E-state index contributed by atoms with van der Waals surface area (Å²) in [5.41, 5.74) is -1.24. The smallest absolute Gasteiger partial charge is 0.212 e. The third-order valence-electron chi connectivity index (χ3n) is 1.76. The highest BCUT2D eigenvalue weighted by molar-refractivity contribution is 8.13. The Morgan fingerprint density at radius 1 is 1.23 bits per heavy atom. The van der Waals surface area contributed by atoms with Crippen molar-refractivity contribution in [3.63, 3.8) is 0 Å². The SMILES string of the molecule is CC(C)(C)C(F)(F)CCS(=O)(=O)Cl. The van der Waals surface area contributed by atoms with Gasteiger partial charge in [0.2, 0.25) is 9.05 Å². The van der Waals surface area contributed by atoms with Crippen LogP contribution in [0.15, 0.2) is 0 Å². The van der Waals surface area contributed by atoms with Gasteiger partial charge >= 0.3 is 0 Å². The van der Waals surface area contributed by atoms with Gasteiger partial charge in [-0.15, -0.1) is 0 Å². The molecule has 0 aromatic heterocycles. The minimum Gasteiger partial charge on any atom is -0.212 e. The Hall–Kier alpha value is 0.1000. The lowest BCUT2D eigenvalue weighted by Crippen LogP contribution is -2.35. The molecule has 0 rings (SSSR count). The highest BCUT2D eigenvalue weighted by Gasteiger charge is 2.43. The van der Waals surface area contributed by atoms with E-state index < -0.39 is 32.6 Å². The van der Waals surface area contributed by atoms with Crippen molar-refractivity contribution in [1.82, 2.24) is 0 Å². The van der Waals surface area contributed by atoms with Crippen molar-refractivity contribution in [2.45, 2.75) is 33.1 Å². The lowest BCUT2D eigenvalue weighted by Gasteiger charge is -2.29. The van der Waals surface area contributed by atoms with Crippen molar-refractivity contribution in [2.24, 2.45) is 5.41 Å². The third-order valence-corrected chi connectivity index (χ3v) is 2.91. The molecule has 13 heavy (non-hydrogen) atoms. The highest BCUT2D eigenvalue weighted by atomic mass is 35.7. The number of halogens is 3. The number of rotatable bonds is 3. The number of alkyl halides is 2. The van der Waals surface area contributed by atoms with Gasteiger partial charge in [-0.3, -0.25) is 0 Å². The van der Waals surface area contributed by atoms with Crippen LogP contribution in [0.4, 0.5) is 8.78 Å². The maximum Gasteiger partial charge on any atom is 0.253 e. The fourth-order valence-corrected chi connectivity index (χ4v) is 1.36. The summed E-state index contributed by atoms with van der Waals surface area (Å²) in [6.07, 6.45) is -0.734. The maximum absolute atomic E-state index is 13.1. The van der Waals surface area contributed by atoms with Gasteiger partial charge in [0, 0.05) is 22.5 Å². The van der Waals surface area contributed by atoms with Crippen molar-refractivity contribution in [1.29, 1.82) is 0 Å². The van der Waals surface area contributed by atoms with Gasteiger partial charge in [0.1, 0.15) is 0 Å². The van der Waals surface area contributed by atoms with Crippen LogP contribution in [0.25, 0.3) is 0 Å². The van der Waals surface area contributed by atoms with E-state index in [0.29, 0.717) is 0 Å². The molecule has 0 amide bonds. The second kappa shape index (κ2) is 3.69. The summed E-state index contributed by atoms with van der Waals surface area (Å²) in [6.45, 7) is 4.07. The van der Waals surface area contributed by atoms with Crippen LogP contribution in [-0.4, -0.2) is 20.1 Å². The predicted octanol–water partition coefficient (Wildman–Crippen LogP) is 2.63. The van der Waals surface area contributed by atoms with E-state index in [1.165, 1.54) is 20.8 Å². The Balaban J connectivity index is 4.38. The molecule has 0 spiro atoms. The van der Waals surface area contributed by atoms with Gasteiger partial charge in [0.25, 0.3) is 5.92 Å². The van der Waals surface area contributed by atoms with Gasteiger partial charge in [-0.2, -0.15) is 0 Å². The molecule has 0 aromatic carbocycles. The average molecular weight is 235 g/mol. The van der Waals surface area contributed by atoms with Crippen LogP contribution in [-0.2, 0) is 9.05 Å². The molecule has 6 heteroatoms. The predicted molar refractivity (Wildman–Crippen MR) is 48.7 cm³/mol.